The van der Waals surface area contributed by atoms with Crippen molar-refractivity contribution >= 4 is 11.6 Å². The number of nitriles is 1. The van der Waals surface area contributed by atoms with Crippen LogP contribution >= 0.6 is 11.6 Å². The molecule has 0 fully saturated rings. The molecule has 0 saturated heterocycles. The molecule has 6 nitrogen and oxygen atoms in total. The molecule has 1 aromatic carbocycles. The predicted octanol–water partition coefficient (Wildman–Crippen LogP) is 3.47. The van der Waals surface area contributed by atoms with E-state index in [1.807, 2.05) is 25.1 Å². The van der Waals surface area contributed by atoms with Gasteiger partial charge in [-0.25, -0.2) is 0 Å². The van der Waals surface area contributed by atoms with E-state index in [2.05, 4.69) is 11.1 Å². The summed E-state index contributed by atoms with van der Waals surface area (Å²) < 4.78 is 7.30. The van der Waals surface area contributed by atoms with Crippen LogP contribution < -0.4 is 16.0 Å². The van der Waals surface area contributed by atoms with E-state index in [4.69, 9.17) is 22.1 Å². The van der Waals surface area contributed by atoms with Gasteiger partial charge in [0.25, 0.3) is 5.56 Å². The van der Waals surface area contributed by atoms with E-state index >= 15 is 0 Å². The number of benzene rings is 1. The summed E-state index contributed by atoms with van der Waals surface area (Å²) in [5.74, 6) is -0.379. The van der Waals surface area contributed by atoms with Gasteiger partial charge in [0.1, 0.15) is 17.4 Å². The number of nitrogens with two attached hydrogens (primary N) is 1. The monoisotopic (exact) mass is 404 g/mol. The van der Waals surface area contributed by atoms with E-state index in [1.54, 1.807) is 41.2 Å². The highest BCUT2D eigenvalue weighted by Crippen LogP contribution is 2.42. The Hall–Kier alpha value is -3.56. The van der Waals surface area contributed by atoms with Crippen LogP contribution in [0.15, 0.2) is 71.1 Å². The Kier molecular flexibility index (Phi) is 4.83. The van der Waals surface area contributed by atoms with Crippen LogP contribution in [0.4, 0.5) is 0 Å². The summed E-state index contributed by atoms with van der Waals surface area (Å²) in [5, 5.41) is 10.2. The maximum atomic E-state index is 13.5. The van der Waals surface area contributed by atoms with Crippen LogP contribution in [-0.2, 0) is 6.54 Å². The van der Waals surface area contributed by atoms with Gasteiger partial charge in [-0.2, -0.15) is 5.26 Å². The second kappa shape index (κ2) is 7.46. The van der Waals surface area contributed by atoms with Gasteiger partial charge in [-0.05, 0) is 30.2 Å². The Bertz CT molecular complexity index is 1230. The number of nitrogens with zero attached hydrogens (tertiary/aromatic N) is 3. The van der Waals surface area contributed by atoms with Crippen LogP contribution in [0.2, 0.25) is 5.02 Å². The molecule has 1 aliphatic heterocycles. The van der Waals surface area contributed by atoms with Gasteiger partial charge in [-0.1, -0.05) is 35.9 Å². The number of aromatic nitrogens is 2. The molecule has 7 heteroatoms. The Balaban J connectivity index is 1.96. The topological polar surface area (TPSA) is 93.9 Å². The van der Waals surface area contributed by atoms with Crippen molar-refractivity contribution in [2.45, 2.75) is 19.4 Å². The number of hydrogen-bond donors (Lipinski definition) is 1. The molecule has 29 heavy (non-hydrogen) atoms. The van der Waals surface area contributed by atoms with Crippen molar-refractivity contribution in [3.8, 4) is 11.8 Å². The van der Waals surface area contributed by atoms with Gasteiger partial charge < -0.3 is 15.0 Å². The van der Waals surface area contributed by atoms with E-state index in [9.17, 15) is 10.1 Å². The van der Waals surface area contributed by atoms with Crippen molar-refractivity contribution in [2.24, 2.45) is 5.73 Å². The molecule has 1 atom stereocenters. The molecule has 0 aliphatic carbocycles. The fourth-order valence-electron chi connectivity index (χ4n) is 3.58. The molecule has 2 aromatic heterocycles. The van der Waals surface area contributed by atoms with E-state index in [0.29, 0.717) is 34.1 Å². The fourth-order valence-corrected chi connectivity index (χ4v) is 3.82. The minimum absolute atomic E-state index is 0.0197. The van der Waals surface area contributed by atoms with Crippen molar-refractivity contribution in [3.05, 3.63) is 104 Å². The second-order valence-corrected chi connectivity index (χ2v) is 7.17. The first-order valence-electron chi connectivity index (χ1n) is 8.96. The average molecular weight is 405 g/mol. The predicted molar refractivity (Wildman–Crippen MR) is 110 cm³/mol. The van der Waals surface area contributed by atoms with E-state index in [-0.39, 0.29) is 17.0 Å². The lowest BCUT2D eigenvalue weighted by Gasteiger charge is -2.27. The zero-order chi connectivity index (χ0) is 20.5. The van der Waals surface area contributed by atoms with E-state index in [1.165, 1.54) is 0 Å². The summed E-state index contributed by atoms with van der Waals surface area (Å²) in [6, 6.07) is 14.7. The Morgan fingerprint density at radius 1 is 1.31 bits per heavy atom. The van der Waals surface area contributed by atoms with Crippen molar-refractivity contribution < 1.29 is 4.74 Å². The molecule has 0 bridgehead atoms. The fraction of sp³-hybridized carbons (Fsp3) is 0.136. The number of halogens is 1. The first kappa shape index (κ1) is 18.8. The number of ether oxygens (including phenoxy) is 1. The van der Waals surface area contributed by atoms with Crippen molar-refractivity contribution in [1.82, 2.24) is 9.55 Å². The number of fused-ring (bicyclic) bond motifs is 1. The molecule has 4 rings (SSSR count). The molecule has 1 unspecified atom stereocenters. The third-order valence-corrected chi connectivity index (χ3v) is 5.31. The summed E-state index contributed by atoms with van der Waals surface area (Å²) in [5.41, 5.74) is 8.51. The van der Waals surface area contributed by atoms with Gasteiger partial charge in [0.2, 0.25) is 5.88 Å². The van der Waals surface area contributed by atoms with Crippen molar-refractivity contribution in [2.75, 3.05) is 0 Å². The van der Waals surface area contributed by atoms with Gasteiger partial charge >= 0.3 is 0 Å². The van der Waals surface area contributed by atoms with Crippen molar-refractivity contribution in [1.29, 1.82) is 5.26 Å². The maximum absolute atomic E-state index is 13.5. The second-order valence-electron chi connectivity index (χ2n) is 6.76. The summed E-state index contributed by atoms with van der Waals surface area (Å²) in [6.07, 6.45) is 3.39. The van der Waals surface area contributed by atoms with Crippen LogP contribution in [0.3, 0.4) is 0 Å². The summed E-state index contributed by atoms with van der Waals surface area (Å²) in [6.45, 7) is 2.17. The maximum Gasteiger partial charge on any atom is 0.259 e. The van der Waals surface area contributed by atoms with E-state index in [0.717, 1.165) is 5.56 Å². The number of allylic oxidation sites excluding steroid dienone is 1. The molecule has 3 heterocycles. The highest BCUT2D eigenvalue weighted by atomic mass is 35.5. The highest BCUT2D eigenvalue weighted by Gasteiger charge is 2.35. The Morgan fingerprint density at radius 3 is 2.79 bits per heavy atom. The lowest BCUT2D eigenvalue weighted by Crippen LogP contribution is -2.33. The summed E-state index contributed by atoms with van der Waals surface area (Å²) in [4.78, 5) is 17.7. The number of hydrogen-bond acceptors (Lipinski definition) is 5. The smallest absolute Gasteiger partial charge is 0.259 e. The lowest BCUT2D eigenvalue weighted by atomic mass is 9.84. The van der Waals surface area contributed by atoms with Gasteiger partial charge in [0.15, 0.2) is 0 Å². The normalized spacial score (nSPS) is 15.4. The number of rotatable bonds is 3. The third kappa shape index (κ3) is 3.26. The highest BCUT2D eigenvalue weighted by molar-refractivity contribution is 6.31. The first-order chi connectivity index (χ1) is 14.0. The zero-order valence-electron chi connectivity index (χ0n) is 15.6. The number of pyridine rings is 2. The summed E-state index contributed by atoms with van der Waals surface area (Å²) >= 11 is 6.42. The molecule has 144 valence electrons. The SMILES string of the molecule is Cc1cc2c(c(=O)n1Cc1cccnc1)C(c1ccccc1Cl)C(C#N)=C(N)O2. The van der Waals surface area contributed by atoms with E-state index < -0.39 is 5.92 Å². The van der Waals surface area contributed by atoms with Gasteiger partial charge in [-0.15, -0.1) is 0 Å². The molecular formula is C22H17ClN4O2. The third-order valence-electron chi connectivity index (χ3n) is 4.97. The van der Waals surface area contributed by atoms with Crippen molar-refractivity contribution in [3.63, 3.8) is 0 Å². The lowest BCUT2D eigenvalue weighted by molar-refractivity contribution is 0.389. The Morgan fingerprint density at radius 2 is 2.10 bits per heavy atom. The molecule has 2 N–H and O–H groups in total. The van der Waals surface area contributed by atoms with Crippen LogP contribution in [0, 0.1) is 18.3 Å². The van der Waals surface area contributed by atoms with Gasteiger partial charge in [-0.3, -0.25) is 9.78 Å². The standard InChI is InChI=1S/C22H17ClN4O2/c1-13-9-18-20(22(28)27(13)12-14-5-4-8-26-11-14)19(16(10-24)21(25)29-18)15-6-2-3-7-17(15)23/h2-9,11,19H,12,25H2,1H3. The van der Waals surface area contributed by atoms with Crippen LogP contribution in [-0.4, -0.2) is 9.55 Å². The minimum Gasteiger partial charge on any atom is -0.440 e. The molecule has 0 radical (unpaired) electrons. The molecule has 0 amide bonds. The molecular weight excluding hydrogens is 388 g/mol. The average Bonchev–Trinajstić information content (AvgIpc) is 2.71. The number of aryl methyl sites for hydroxylation is 1. The molecule has 3 aromatic rings. The molecule has 0 saturated carbocycles. The molecule has 0 spiro atoms. The van der Waals surface area contributed by atoms with Gasteiger partial charge in [0, 0.05) is 29.2 Å². The van der Waals surface area contributed by atoms with Crippen LogP contribution in [0.1, 0.15) is 28.3 Å². The van der Waals surface area contributed by atoms with Gasteiger partial charge in [0.05, 0.1) is 18.0 Å². The molecule has 1 aliphatic rings. The Labute approximate surface area is 172 Å². The quantitative estimate of drug-likeness (QED) is 0.721. The largest absolute Gasteiger partial charge is 0.440 e. The first-order valence-corrected chi connectivity index (χ1v) is 9.34. The minimum atomic E-state index is -0.703. The summed E-state index contributed by atoms with van der Waals surface area (Å²) in [7, 11) is 0. The zero-order valence-corrected chi connectivity index (χ0v) is 16.3. The van der Waals surface area contributed by atoms with Crippen LogP contribution in [0.25, 0.3) is 0 Å². The van der Waals surface area contributed by atoms with Crippen LogP contribution in [0.5, 0.6) is 5.75 Å².